The van der Waals surface area contributed by atoms with Gasteiger partial charge in [-0.2, -0.15) is 4.98 Å². The second kappa shape index (κ2) is 7.71. The SMILES string of the molecule is COC(=O)CC[C@H](NC(=O)NCc1ncon1)C(=O)O. The molecule has 3 N–H and O–H groups in total. The Morgan fingerprint density at radius 2 is 2.25 bits per heavy atom. The number of nitrogens with zero attached hydrogens (tertiary/aromatic N) is 2. The van der Waals surface area contributed by atoms with Crippen LogP contribution >= 0.6 is 0 Å². The summed E-state index contributed by atoms with van der Waals surface area (Å²) < 4.78 is 8.86. The molecule has 1 rings (SSSR count). The predicted octanol–water partition coefficient (Wildman–Crippen LogP) is -0.725. The van der Waals surface area contributed by atoms with E-state index < -0.39 is 24.0 Å². The van der Waals surface area contributed by atoms with Crippen molar-refractivity contribution in [3.05, 3.63) is 12.2 Å². The summed E-state index contributed by atoms with van der Waals surface area (Å²) in [5.41, 5.74) is 0. The monoisotopic (exact) mass is 286 g/mol. The van der Waals surface area contributed by atoms with Crippen molar-refractivity contribution < 1.29 is 28.8 Å². The molecule has 1 aromatic heterocycles. The largest absolute Gasteiger partial charge is 0.480 e. The van der Waals surface area contributed by atoms with E-state index in [1.54, 1.807) is 0 Å². The van der Waals surface area contributed by atoms with E-state index in [0.717, 1.165) is 6.39 Å². The molecule has 10 heteroatoms. The molecule has 0 saturated carbocycles. The number of nitrogens with one attached hydrogen (secondary N) is 2. The maximum absolute atomic E-state index is 11.5. The molecule has 0 aliphatic rings. The van der Waals surface area contributed by atoms with E-state index in [1.165, 1.54) is 7.11 Å². The third kappa shape index (κ3) is 5.33. The first-order valence-corrected chi connectivity index (χ1v) is 5.62. The van der Waals surface area contributed by atoms with Gasteiger partial charge in [-0.15, -0.1) is 0 Å². The quantitative estimate of drug-likeness (QED) is 0.557. The average Bonchev–Trinajstić information content (AvgIpc) is 2.93. The van der Waals surface area contributed by atoms with Crippen LogP contribution in [-0.2, 0) is 20.9 Å². The second-order valence-electron chi connectivity index (χ2n) is 3.68. The zero-order valence-corrected chi connectivity index (χ0v) is 10.7. The number of carbonyl (C=O) groups excluding carboxylic acids is 2. The fraction of sp³-hybridized carbons (Fsp3) is 0.500. The van der Waals surface area contributed by atoms with E-state index >= 15 is 0 Å². The molecule has 0 aliphatic heterocycles. The molecule has 110 valence electrons. The normalized spacial score (nSPS) is 11.4. The summed E-state index contributed by atoms with van der Waals surface area (Å²) in [5.74, 6) is -1.55. The Morgan fingerprint density at radius 1 is 1.50 bits per heavy atom. The van der Waals surface area contributed by atoms with Crippen molar-refractivity contribution in [2.45, 2.75) is 25.4 Å². The van der Waals surface area contributed by atoms with Gasteiger partial charge >= 0.3 is 18.0 Å². The highest BCUT2D eigenvalue weighted by Gasteiger charge is 2.21. The van der Waals surface area contributed by atoms with Crippen LogP contribution in [0.15, 0.2) is 10.9 Å². The van der Waals surface area contributed by atoms with Gasteiger partial charge in [-0.25, -0.2) is 9.59 Å². The van der Waals surface area contributed by atoms with Crippen LogP contribution < -0.4 is 10.6 Å². The van der Waals surface area contributed by atoms with E-state index in [1.807, 2.05) is 0 Å². The van der Waals surface area contributed by atoms with Crippen molar-refractivity contribution in [1.82, 2.24) is 20.8 Å². The van der Waals surface area contributed by atoms with Gasteiger partial charge in [0.15, 0.2) is 5.82 Å². The number of amides is 2. The summed E-state index contributed by atoms with van der Waals surface area (Å²) in [6, 6.07) is -1.91. The zero-order valence-electron chi connectivity index (χ0n) is 10.7. The number of rotatable bonds is 7. The van der Waals surface area contributed by atoms with Crippen LogP contribution in [0.4, 0.5) is 4.79 Å². The molecule has 1 atom stereocenters. The fourth-order valence-electron chi connectivity index (χ4n) is 1.26. The summed E-state index contributed by atoms with van der Waals surface area (Å²) in [7, 11) is 1.20. The number of carbonyl (C=O) groups is 3. The fourth-order valence-corrected chi connectivity index (χ4v) is 1.26. The number of hydrogen-bond acceptors (Lipinski definition) is 7. The summed E-state index contributed by atoms with van der Waals surface area (Å²) in [6.07, 6.45) is 0.918. The summed E-state index contributed by atoms with van der Waals surface area (Å²) in [5, 5.41) is 17.0. The highest BCUT2D eigenvalue weighted by molar-refractivity contribution is 5.83. The molecule has 0 bridgehead atoms. The molecule has 0 aromatic carbocycles. The Morgan fingerprint density at radius 3 is 2.80 bits per heavy atom. The van der Waals surface area contributed by atoms with Crippen LogP contribution in [0.1, 0.15) is 18.7 Å². The highest BCUT2D eigenvalue weighted by Crippen LogP contribution is 1.99. The number of esters is 1. The van der Waals surface area contributed by atoms with Crippen LogP contribution in [0.25, 0.3) is 0 Å². The molecule has 0 radical (unpaired) electrons. The topological polar surface area (TPSA) is 144 Å². The zero-order chi connectivity index (χ0) is 15.0. The number of urea groups is 1. The lowest BCUT2D eigenvalue weighted by Crippen LogP contribution is -2.46. The molecule has 0 spiro atoms. The molecular weight excluding hydrogens is 272 g/mol. The first-order valence-electron chi connectivity index (χ1n) is 5.62. The third-order valence-electron chi connectivity index (χ3n) is 2.28. The van der Waals surface area contributed by atoms with Crippen molar-refractivity contribution in [3.8, 4) is 0 Å². The number of carboxylic acids is 1. The smallest absolute Gasteiger partial charge is 0.326 e. The van der Waals surface area contributed by atoms with E-state index in [-0.39, 0.29) is 25.2 Å². The van der Waals surface area contributed by atoms with Gasteiger partial charge in [0, 0.05) is 6.42 Å². The van der Waals surface area contributed by atoms with Crippen LogP contribution in [0.5, 0.6) is 0 Å². The molecule has 1 aromatic rings. The molecule has 1 heterocycles. The van der Waals surface area contributed by atoms with Gasteiger partial charge in [-0.05, 0) is 6.42 Å². The second-order valence-corrected chi connectivity index (χ2v) is 3.68. The van der Waals surface area contributed by atoms with Crippen molar-refractivity contribution >= 4 is 18.0 Å². The van der Waals surface area contributed by atoms with Gasteiger partial charge in [-0.1, -0.05) is 5.16 Å². The number of aromatic nitrogens is 2. The molecule has 0 unspecified atom stereocenters. The first-order chi connectivity index (χ1) is 9.52. The summed E-state index contributed by atoms with van der Waals surface area (Å²) in [6.45, 7) is -0.00826. The number of hydrogen-bond donors (Lipinski definition) is 3. The lowest BCUT2D eigenvalue weighted by atomic mass is 10.1. The Hall–Kier alpha value is -2.65. The molecule has 2 amide bonds. The van der Waals surface area contributed by atoms with Gasteiger partial charge in [-0.3, -0.25) is 4.79 Å². The van der Waals surface area contributed by atoms with Crippen molar-refractivity contribution in [3.63, 3.8) is 0 Å². The molecule has 10 nitrogen and oxygen atoms in total. The van der Waals surface area contributed by atoms with E-state index in [9.17, 15) is 14.4 Å². The Bertz CT molecular complexity index is 460. The van der Waals surface area contributed by atoms with Crippen LogP contribution in [0.3, 0.4) is 0 Å². The van der Waals surface area contributed by atoms with Crippen molar-refractivity contribution in [2.24, 2.45) is 0 Å². The maximum atomic E-state index is 11.5. The standard InChI is InChI=1S/C10H14N4O6/c1-19-8(15)3-2-6(9(16)17)13-10(18)11-4-7-12-5-20-14-7/h5-6H,2-4H2,1H3,(H,16,17)(H2,11,13,18)/t6-/m0/s1. The van der Waals surface area contributed by atoms with Crippen LogP contribution in [-0.4, -0.2) is 46.4 Å². The van der Waals surface area contributed by atoms with Crippen LogP contribution in [0.2, 0.25) is 0 Å². The minimum atomic E-state index is -1.25. The van der Waals surface area contributed by atoms with Gasteiger partial charge in [0.05, 0.1) is 13.7 Å². The lowest BCUT2D eigenvalue weighted by molar-refractivity contribution is -0.142. The average molecular weight is 286 g/mol. The minimum absolute atomic E-state index is 0.00826. The third-order valence-corrected chi connectivity index (χ3v) is 2.28. The molecule has 20 heavy (non-hydrogen) atoms. The Kier molecular flexibility index (Phi) is 5.94. The molecule has 0 fully saturated rings. The van der Waals surface area contributed by atoms with Crippen molar-refractivity contribution in [1.29, 1.82) is 0 Å². The number of methoxy groups -OCH3 is 1. The summed E-state index contributed by atoms with van der Waals surface area (Å²) >= 11 is 0. The van der Waals surface area contributed by atoms with Gasteiger partial charge in [0.25, 0.3) is 0 Å². The minimum Gasteiger partial charge on any atom is -0.480 e. The maximum Gasteiger partial charge on any atom is 0.326 e. The summed E-state index contributed by atoms with van der Waals surface area (Å²) in [4.78, 5) is 37.0. The van der Waals surface area contributed by atoms with Gasteiger partial charge in [0.1, 0.15) is 6.04 Å². The molecule has 0 aliphatic carbocycles. The van der Waals surface area contributed by atoms with Crippen molar-refractivity contribution in [2.75, 3.05) is 7.11 Å². The van der Waals surface area contributed by atoms with Gasteiger partial charge in [0.2, 0.25) is 6.39 Å². The first kappa shape index (κ1) is 15.4. The predicted molar refractivity (Wildman–Crippen MR) is 62.3 cm³/mol. The Labute approximate surface area is 113 Å². The number of carboxylic acid groups (broad SMARTS) is 1. The lowest BCUT2D eigenvalue weighted by Gasteiger charge is -2.14. The van der Waals surface area contributed by atoms with E-state index in [0.29, 0.717) is 0 Å². The highest BCUT2D eigenvalue weighted by atomic mass is 16.5. The Balaban J connectivity index is 2.38. The number of aliphatic carboxylic acids is 1. The van der Waals surface area contributed by atoms with E-state index in [2.05, 4.69) is 30.0 Å². The van der Waals surface area contributed by atoms with Crippen LogP contribution in [0, 0.1) is 0 Å². The molecular formula is C10H14N4O6. The molecule has 0 saturated heterocycles. The number of ether oxygens (including phenoxy) is 1. The van der Waals surface area contributed by atoms with Gasteiger partial charge < -0.3 is 25.0 Å². The van der Waals surface area contributed by atoms with E-state index in [4.69, 9.17) is 5.11 Å².